The van der Waals surface area contributed by atoms with Gasteiger partial charge in [0.2, 0.25) is 0 Å². The van der Waals surface area contributed by atoms with Crippen molar-refractivity contribution < 1.29 is 0 Å². The van der Waals surface area contributed by atoms with Gasteiger partial charge >= 0.3 is 0 Å². The van der Waals surface area contributed by atoms with Crippen molar-refractivity contribution in [3.8, 4) is 0 Å². The Morgan fingerprint density at radius 1 is 1.05 bits per heavy atom. The van der Waals surface area contributed by atoms with Crippen LogP contribution in [0.25, 0.3) is 0 Å². The molecule has 0 spiro atoms. The zero-order valence-corrected chi connectivity index (χ0v) is 13.5. The largest absolute Gasteiger partial charge is 0.313 e. The van der Waals surface area contributed by atoms with Crippen LogP contribution in [0.5, 0.6) is 0 Å². The summed E-state index contributed by atoms with van der Waals surface area (Å²) in [5.74, 6) is 0. The van der Waals surface area contributed by atoms with Crippen LogP contribution in [0.15, 0.2) is 30.3 Å². The minimum atomic E-state index is 0.868. The summed E-state index contributed by atoms with van der Waals surface area (Å²) >= 11 is 0. The summed E-state index contributed by atoms with van der Waals surface area (Å²) in [6.45, 7) is 9.43. The van der Waals surface area contributed by atoms with Crippen LogP contribution < -0.4 is 5.32 Å². The van der Waals surface area contributed by atoms with Gasteiger partial charge in [-0.05, 0) is 43.0 Å². The van der Waals surface area contributed by atoms with Crippen molar-refractivity contribution in [2.24, 2.45) is 0 Å². The Kier molecular flexibility index (Phi) is 6.00. The molecule has 0 aliphatic rings. The zero-order chi connectivity index (χ0) is 15.1. The van der Waals surface area contributed by atoms with Crippen molar-refractivity contribution in [3.05, 3.63) is 52.8 Å². The lowest BCUT2D eigenvalue weighted by Crippen LogP contribution is -2.16. The van der Waals surface area contributed by atoms with Gasteiger partial charge in [-0.3, -0.25) is 4.68 Å². The third-order valence-electron chi connectivity index (χ3n) is 3.82. The Labute approximate surface area is 128 Å². The maximum atomic E-state index is 4.73. The van der Waals surface area contributed by atoms with E-state index in [0.717, 1.165) is 32.5 Å². The number of aryl methyl sites for hydroxylation is 2. The van der Waals surface area contributed by atoms with E-state index in [9.17, 15) is 0 Å². The molecular weight excluding hydrogens is 258 g/mol. The Morgan fingerprint density at radius 3 is 2.48 bits per heavy atom. The van der Waals surface area contributed by atoms with Crippen LogP contribution in [0.2, 0.25) is 0 Å². The van der Waals surface area contributed by atoms with Gasteiger partial charge in [0.1, 0.15) is 0 Å². The van der Waals surface area contributed by atoms with Crippen LogP contribution in [0.3, 0.4) is 0 Å². The maximum absolute atomic E-state index is 4.73. The molecule has 0 unspecified atom stereocenters. The minimum absolute atomic E-state index is 0.868. The molecule has 0 bridgehead atoms. The van der Waals surface area contributed by atoms with E-state index >= 15 is 0 Å². The third kappa shape index (κ3) is 4.18. The van der Waals surface area contributed by atoms with E-state index in [-0.39, 0.29) is 0 Å². The molecule has 114 valence electrons. The fraction of sp³-hybridized carbons (Fsp3) is 0.500. The van der Waals surface area contributed by atoms with Gasteiger partial charge in [0.25, 0.3) is 0 Å². The number of nitrogens with one attached hydrogen (secondary N) is 1. The lowest BCUT2D eigenvalue weighted by molar-refractivity contribution is 0.624. The van der Waals surface area contributed by atoms with Crippen LogP contribution in [0.1, 0.15) is 49.7 Å². The molecule has 1 N–H and O–H groups in total. The average Bonchev–Trinajstić information content (AvgIpc) is 2.91. The molecule has 0 saturated carbocycles. The second-order valence-corrected chi connectivity index (χ2v) is 5.44. The Hall–Kier alpha value is -1.61. The number of rotatable bonds is 8. The monoisotopic (exact) mass is 285 g/mol. The highest BCUT2D eigenvalue weighted by molar-refractivity contribution is 5.28. The van der Waals surface area contributed by atoms with E-state index in [1.54, 1.807) is 0 Å². The quantitative estimate of drug-likeness (QED) is 0.752. The molecule has 0 radical (unpaired) electrons. The number of aromatic nitrogens is 2. The standard InChI is InChI=1S/C18H27N3/c1-4-11-19-13-15-9-7-8-10-16(15)14-21-18(6-3)12-17(5-2)20-21/h7-10,12,19H,4-6,11,13-14H2,1-3H3. The van der Waals surface area contributed by atoms with Gasteiger partial charge in [-0.2, -0.15) is 5.10 Å². The highest BCUT2D eigenvalue weighted by atomic mass is 15.3. The van der Waals surface area contributed by atoms with E-state index in [2.05, 4.69) is 61.1 Å². The first kappa shape index (κ1) is 15.8. The van der Waals surface area contributed by atoms with Crippen LogP contribution in [0, 0.1) is 0 Å². The highest BCUT2D eigenvalue weighted by Gasteiger charge is 2.08. The van der Waals surface area contributed by atoms with Crippen molar-refractivity contribution in [1.29, 1.82) is 0 Å². The summed E-state index contributed by atoms with van der Waals surface area (Å²) < 4.78 is 2.16. The molecule has 21 heavy (non-hydrogen) atoms. The number of hydrogen-bond donors (Lipinski definition) is 1. The van der Waals surface area contributed by atoms with Crippen LogP contribution >= 0.6 is 0 Å². The van der Waals surface area contributed by atoms with Gasteiger partial charge in [-0.1, -0.05) is 45.0 Å². The van der Waals surface area contributed by atoms with Crippen LogP contribution in [-0.2, 0) is 25.9 Å². The maximum Gasteiger partial charge on any atom is 0.0665 e. The van der Waals surface area contributed by atoms with E-state index in [1.165, 1.54) is 28.9 Å². The van der Waals surface area contributed by atoms with E-state index < -0.39 is 0 Å². The fourth-order valence-electron chi connectivity index (χ4n) is 2.55. The van der Waals surface area contributed by atoms with Crippen molar-refractivity contribution in [2.45, 2.75) is 53.1 Å². The molecule has 0 atom stereocenters. The molecule has 2 rings (SSSR count). The minimum Gasteiger partial charge on any atom is -0.313 e. The molecule has 0 aliphatic heterocycles. The second kappa shape index (κ2) is 7.99. The molecule has 3 heteroatoms. The first-order chi connectivity index (χ1) is 10.3. The highest BCUT2D eigenvalue weighted by Crippen LogP contribution is 2.14. The van der Waals surface area contributed by atoms with Gasteiger partial charge in [0.15, 0.2) is 0 Å². The lowest BCUT2D eigenvalue weighted by atomic mass is 10.1. The molecule has 0 aliphatic carbocycles. The van der Waals surface area contributed by atoms with Gasteiger partial charge in [0.05, 0.1) is 12.2 Å². The summed E-state index contributed by atoms with van der Waals surface area (Å²) in [6, 6.07) is 10.9. The first-order valence-electron chi connectivity index (χ1n) is 8.11. The topological polar surface area (TPSA) is 29.9 Å². The summed E-state index contributed by atoms with van der Waals surface area (Å²) in [4.78, 5) is 0. The van der Waals surface area contributed by atoms with Gasteiger partial charge in [0, 0.05) is 12.2 Å². The molecule has 0 saturated heterocycles. The summed E-state index contributed by atoms with van der Waals surface area (Å²) in [5, 5.41) is 8.22. The third-order valence-corrected chi connectivity index (χ3v) is 3.82. The molecule has 0 fully saturated rings. The fourth-order valence-corrected chi connectivity index (χ4v) is 2.55. The van der Waals surface area contributed by atoms with Gasteiger partial charge < -0.3 is 5.32 Å². The SMILES string of the molecule is CCCNCc1ccccc1Cn1nc(CC)cc1CC. The van der Waals surface area contributed by atoms with Crippen molar-refractivity contribution >= 4 is 0 Å². The molecule has 1 aromatic carbocycles. The molecule has 0 amide bonds. The number of hydrogen-bond acceptors (Lipinski definition) is 2. The van der Waals surface area contributed by atoms with Crippen molar-refractivity contribution in [1.82, 2.24) is 15.1 Å². The Morgan fingerprint density at radius 2 is 1.81 bits per heavy atom. The molecule has 1 aromatic heterocycles. The summed E-state index contributed by atoms with van der Waals surface area (Å²) in [5.41, 5.74) is 5.25. The van der Waals surface area contributed by atoms with Crippen molar-refractivity contribution in [2.75, 3.05) is 6.54 Å². The summed E-state index contributed by atoms with van der Waals surface area (Å²) in [6.07, 6.45) is 3.20. The molecule has 1 heterocycles. The van der Waals surface area contributed by atoms with E-state index in [0.29, 0.717) is 0 Å². The Balaban J connectivity index is 2.17. The smallest absolute Gasteiger partial charge is 0.0665 e. The van der Waals surface area contributed by atoms with Crippen LogP contribution in [0.4, 0.5) is 0 Å². The van der Waals surface area contributed by atoms with Crippen molar-refractivity contribution in [3.63, 3.8) is 0 Å². The predicted molar refractivity (Wildman–Crippen MR) is 88.5 cm³/mol. The van der Waals surface area contributed by atoms with Gasteiger partial charge in [-0.25, -0.2) is 0 Å². The van der Waals surface area contributed by atoms with Gasteiger partial charge in [-0.15, -0.1) is 0 Å². The average molecular weight is 285 g/mol. The first-order valence-corrected chi connectivity index (χ1v) is 8.11. The number of nitrogens with zero attached hydrogens (tertiary/aromatic N) is 2. The molecular formula is C18H27N3. The summed E-state index contributed by atoms with van der Waals surface area (Å²) in [7, 11) is 0. The Bertz CT molecular complexity index is 557. The van der Waals surface area contributed by atoms with Crippen LogP contribution in [-0.4, -0.2) is 16.3 Å². The molecule has 2 aromatic rings. The number of benzene rings is 1. The normalized spacial score (nSPS) is 11.0. The lowest BCUT2D eigenvalue weighted by Gasteiger charge is -2.12. The van der Waals surface area contributed by atoms with E-state index in [4.69, 9.17) is 5.10 Å². The predicted octanol–water partition coefficient (Wildman–Crippen LogP) is 3.56. The zero-order valence-electron chi connectivity index (χ0n) is 13.5. The van der Waals surface area contributed by atoms with E-state index in [1.807, 2.05) is 0 Å². The molecule has 3 nitrogen and oxygen atoms in total. The second-order valence-electron chi connectivity index (χ2n) is 5.44.